The van der Waals surface area contributed by atoms with Crippen LogP contribution in [0.3, 0.4) is 0 Å². The summed E-state index contributed by atoms with van der Waals surface area (Å²) in [5.74, 6) is -0.437. The fourth-order valence-corrected chi connectivity index (χ4v) is 5.42. The minimum atomic E-state index is -3.07. The Labute approximate surface area is 158 Å². The van der Waals surface area contributed by atoms with Gasteiger partial charge in [-0.3, -0.25) is 9.59 Å². The molecule has 1 N–H and O–H groups in total. The van der Waals surface area contributed by atoms with Crippen molar-refractivity contribution in [3.05, 3.63) is 34.9 Å². The van der Waals surface area contributed by atoms with E-state index in [1.807, 2.05) is 18.2 Å². The zero-order valence-corrected chi connectivity index (χ0v) is 16.3. The van der Waals surface area contributed by atoms with Crippen LogP contribution in [-0.2, 0) is 25.8 Å². The summed E-state index contributed by atoms with van der Waals surface area (Å²) < 4.78 is 23.3. The number of hydrogen-bond donors (Lipinski definition) is 1. The fourth-order valence-electron chi connectivity index (χ4n) is 3.43. The van der Waals surface area contributed by atoms with E-state index in [1.54, 1.807) is 13.1 Å². The van der Waals surface area contributed by atoms with Crippen molar-refractivity contribution in [1.29, 1.82) is 0 Å². The molecule has 1 atom stereocenters. The van der Waals surface area contributed by atoms with Crippen molar-refractivity contribution in [1.82, 2.24) is 10.2 Å². The van der Waals surface area contributed by atoms with E-state index in [4.69, 9.17) is 11.6 Å². The Kier molecular flexibility index (Phi) is 5.30. The maximum absolute atomic E-state index is 12.8. The molecule has 1 saturated carbocycles. The number of carbonyl (C=O) groups is 2. The van der Waals surface area contributed by atoms with E-state index in [2.05, 4.69) is 5.32 Å². The monoisotopic (exact) mass is 398 g/mol. The maximum atomic E-state index is 12.8. The Morgan fingerprint density at radius 1 is 1.35 bits per heavy atom. The van der Waals surface area contributed by atoms with Crippen LogP contribution in [0.4, 0.5) is 0 Å². The highest BCUT2D eigenvalue weighted by Crippen LogP contribution is 2.47. The minimum absolute atomic E-state index is 0.0122. The largest absolute Gasteiger partial charge is 0.355 e. The van der Waals surface area contributed by atoms with Gasteiger partial charge in [0.05, 0.1) is 11.5 Å². The number of nitrogens with zero attached hydrogens (tertiary/aromatic N) is 1. The van der Waals surface area contributed by atoms with Crippen LogP contribution in [0.25, 0.3) is 0 Å². The first-order chi connectivity index (χ1) is 12.2. The number of benzene rings is 1. The summed E-state index contributed by atoms with van der Waals surface area (Å²) >= 11 is 5.95. The molecule has 2 amide bonds. The Bertz CT molecular complexity index is 820. The van der Waals surface area contributed by atoms with Crippen LogP contribution in [0.15, 0.2) is 24.3 Å². The second-order valence-electron chi connectivity index (χ2n) is 7.19. The maximum Gasteiger partial charge on any atom is 0.238 e. The highest BCUT2D eigenvalue weighted by atomic mass is 35.5. The Morgan fingerprint density at radius 3 is 2.65 bits per heavy atom. The van der Waals surface area contributed by atoms with Crippen LogP contribution in [0.1, 0.15) is 24.8 Å². The Balaban J connectivity index is 1.55. The van der Waals surface area contributed by atoms with Gasteiger partial charge in [-0.15, -0.1) is 0 Å². The number of carbonyl (C=O) groups excluding carboxylic acids is 2. The second kappa shape index (κ2) is 7.19. The van der Waals surface area contributed by atoms with Gasteiger partial charge in [-0.05, 0) is 43.4 Å². The summed E-state index contributed by atoms with van der Waals surface area (Å²) in [6.07, 6.45) is 2.10. The number of rotatable bonds is 6. The molecule has 0 radical (unpaired) electrons. The van der Waals surface area contributed by atoms with Crippen molar-refractivity contribution >= 4 is 33.3 Å². The molecule has 0 spiro atoms. The molecule has 1 heterocycles. The predicted octanol–water partition coefficient (Wildman–Crippen LogP) is 1.42. The quantitative estimate of drug-likeness (QED) is 0.734. The molecule has 142 valence electrons. The lowest BCUT2D eigenvalue weighted by Gasteiger charge is -2.27. The number of nitrogens with one attached hydrogen (secondary N) is 1. The van der Waals surface area contributed by atoms with Gasteiger partial charge in [0.1, 0.15) is 5.41 Å². The van der Waals surface area contributed by atoms with Gasteiger partial charge in [-0.25, -0.2) is 8.42 Å². The van der Waals surface area contributed by atoms with Crippen molar-refractivity contribution < 1.29 is 18.0 Å². The molecule has 1 aliphatic heterocycles. The molecule has 1 aliphatic carbocycles. The number of halogens is 1. The summed E-state index contributed by atoms with van der Waals surface area (Å²) in [5.41, 5.74) is -0.00244. The van der Waals surface area contributed by atoms with E-state index in [-0.39, 0.29) is 29.4 Å². The average Bonchev–Trinajstić information content (AvgIpc) is 3.32. The zero-order valence-electron chi connectivity index (χ0n) is 14.7. The van der Waals surface area contributed by atoms with Gasteiger partial charge >= 0.3 is 0 Å². The smallest absolute Gasteiger partial charge is 0.238 e. The highest BCUT2D eigenvalue weighted by Gasteiger charge is 2.58. The molecule has 0 aromatic heterocycles. The molecule has 0 bridgehead atoms. The van der Waals surface area contributed by atoms with E-state index in [9.17, 15) is 18.0 Å². The molecular weight excluding hydrogens is 376 g/mol. The van der Waals surface area contributed by atoms with E-state index in [1.165, 1.54) is 4.90 Å². The molecule has 1 aromatic rings. The van der Waals surface area contributed by atoms with Gasteiger partial charge in [0.15, 0.2) is 9.84 Å². The van der Waals surface area contributed by atoms with Gasteiger partial charge in [0.25, 0.3) is 0 Å². The van der Waals surface area contributed by atoms with Crippen LogP contribution in [0, 0.1) is 5.41 Å². The minimum Gasteiger partial charge on any atom is -0.355 e. The third kappa shape index (κ3) is 4.04. The molecule has 3 rings (SSSR count). The summed E-state index contributed by atoms with van der Waals surface area (Å²) in [7, 11) is -1.47. The summed E-state index contributed by atoms with van der Waals surface area (Å²) in [4.78, 5) is 26.8. The topological polar surface area (TPSA) is 83.6 Å². The van der Waals surface area contributed by atoms with E-state index in [0.29, 0.717) is 37.3 Å². The molecule has 1 saturated heterocycles. The first kappa shape index (κ1) is 19.2. The summed E-state index contributed by atoms with van der Waals surface area (Å²) in [5, 5.41) is 3.50. The number of sulfone groups is 1. The summed E-state index contributed by atoms with van der Waals surface area (Å²) in [6, 6.07) is 7.10. The van der Waals surface area contributed by atoms with Crippen molar-refractivity contribution in [2.24, 2.45) is 5.41 Å². The van der Waals surface area contributed by atoms with Crippen LogP contribution >= 0.6 is 11.6 Å². The fraction of sp³-hybridized carbons (Fsp3) is 0.556. The first-order valence-corrected chi connectivity index (χ1v) is 10.9. The second-order valence-corrected chi connectivity index (χ2v) is 9.86. The molecule has 26 heavy (non-hydrogen) atoms. The lowest BCUT2D eigenvalue weighted by atomic mass is 10.0. The van der Waals surface area contributed by atoms with Crippen LogP contribution in [0.5, 0.6) is 0 Å². The number of amides is 2. The third-order valence-electron chi connectivity index (χ3n) is 5.26. The van der Waals surface area contributed by atoms with Gasteiger partial charge in [-0.1, -0.05) is 23.7 Å². The lowest BCUT2D eigenvalue weighted by molar-refractivity contribution is -0.144. The van der Waals surface area contributed by atoms with Crippen molar-refractivity contribution in [3.63, 3.8) is 0 Å². The van der Waals surface area contributed by atoms with Gasteiger partial charge < -0.3 is 10.2 Å². The Morgan fingerprint density at radius 2 is 2.08 bits per heavy atom. The van der Waals surface area contributed by atoms with Crippen LogP contribution in [0.2, 0.25) is 5.02 Å². The van der Waals surface area contributed by atoms with Crippen molar-refractivity contribution in [2.75, 3.05) is 25.1 Å². The summed E-state index contributed by atoms with van der Waals surface area (Å²) in [6.45, 7) is 0.426. The zero-order chi connectivity index (χ0) is 18.9. The molecular formula is C18H23ClN2O4S. The van der Waals surface area contributed by atoms with Gasteiger partial charge in [0.2, 0.25) is 11.8 Å². The SMILES string of the molecule is CN(C(=O)C1(C(=O)NCCc2cccc(Cl)c2)CC1)C1CCS(=O)(=O)C1. The van der Waals surface area contributed by atoms with Gasteiger partial charge in [-0.2, -0.15) is 0 Å². The lowest BCUT2D eigenvalue weighted by Crippen LogP contribution is -2.48. The van der Waals surface area contributed by atoms with Crippen LogP contribution < -0.4 is 5.32 Å². The molecule has 8 heteroatoms. The van der Waals surface area contributed by atoms with E-state index < -0.39 is 15.3 Å². The predicted molar refractivity (Wildman–Crippen MR) is 99.7 cm³/mol. The first-order valence-electron chi connectivity index (χ1n) is 8.74. The van der Waals surface area contributed by atoms with Crippen molar-refractivity contribution in [3.8, 4) is 0 Å². The standard InChI is InChI=1S/C18H23ClN2O4S/c1-21(15-6-10-26(24,25)12-15)17(23)18(7-8-18)16(22)20-9-5-13-3-2-4-14(19)11-13/h2-4,11,15H,5-10,12H2,1H3,(H,20,22). The highest BCUT2D eigenvalue weighted by molar-refractivity contribution is 7.91. The third-order valence-corrected chi connectivity index (χ3v) is 7.24. The Hall–Kier alpha value is -1.60. The normalized spacial score (nSPS) is 22.6. The van der Waals surface area contributed by atoms with Crippen molar-refractivity contribution in [2.45, 2.75) is 31.7 Å². The van der Waals surface area contributed by atoms with E-state index in [0.717, 1.165) is 5.56 Å². The average molecular weight is 399 g/mol. The molecule has 6 nitrogen and oxygen atoms in total. The molecule has 1 unspecified atom stereocenters. The van der Waals surface area contributed by atoms with Crippen LogP contribution in [-0.4, -0.2) is 56.3 Å². The number of hydrogen-bond acceptors (Lipinski definition) is 4. The van der Waals surface area contributed by atoms with E-state index >= 15 is 0 Å². The molecule has 2 aliphatic rings. The molecule has 2 fully saturated rings. The van der Waals surface area contributed by atoms with Gasteiger partial charge in [0, 0.05) is 24.7 Å². The molecule has 1 aromatic carbocycles.